The van der Waals surface area contributed by atoms with Crippen molar-refractivity contribution >= 4 is 0 Å². The lowest BCUT2D eigenvalue weighted by molar-refractivity contribution is -0.167. The summed E-state index contributed by atoms with van der Waals surface area (Å²) in [7, 11) is 2.07. The fraction of sp³-hybridized carbons (Fsp3) is 1.00. The van der Waals surface area contributed by atoms with E-state index in [9.17, 15) is 5.11 Å². The summed E-state index contributed by atoms with van der Waals surface area (Å²) in [5, 5.41) is 10.1. The van der Waals surface area contributed by atoms with Gasteiger partial charge in [0, 0.05) is 6.04 Å². The summed E-state index contributed by atoms with van der Waals surface area (Å²) in [4.78, 5) is 2.19. The molecule has 0 aromatic rings. The molecule has 0 amide bonds. The predicted molar refractivity (Wildman–Crippen MR) is 44.2 cm³/mol. The number of hydrogen-bond acceptors (Lipinski definition) is 2. The van der Waals surface area contributed by atoms with Gasteiger partial charge in [-0.3, -0.25) is 4.90 Å². The SMILES string of the molecule is CN1[C@H]2CCC[C@]1(O)CCC2. The molecule has 0 aromatic carbocycles. The van der Waals surface area contributed by atoms with Gasteiger partial charge in [0.1, 0.15) is 5.72 Å². The molecular formula is C9H17NO. The minimum absolute atomic E-state index is 0.429. The van der Waals surface area contributed by atoms with Crippen LogP contribution in [0, 0.1) is 0 Å². The standard InChI is InChI=1S/C9H17NO/c1-10-8-4-2-6-9(10,11)7-3-5-8/h8,11H,2-7H2,1H3/t8-,9-. The number of fused-ring (bicyclic) bond motifs is 2. The first kappa shape index (κ1) is 7.56. The van der Waals surface area contributed by atoms with Crippen LogP contribution in [0.3, 0.4) is 0 Å². The maximum Gasteiger partial charge on any atom is 0.118 e. The van der Waals surface area contributed by atoms with Gasteiger partial charge in [-0.15, -0.1) is 0 Å². The Morgan fingerprint density at radius 1 is 1.27 bits per heavy atom. The van der Waals surface area contributed by atoms with Crippen molar-refractivity contribution in [2.45, 2.75) is 50.3 Å². The van der Waals surface area contributed by atoms with E-state index in [0.29, 0.717) is 6.04 Å². The van der Waals surface area contributed by atoms with Crippen LogP contribution in [0.1, 0.15) is 38.5 Å². The number of hydrogen-bond donors (Lipinski definition) is 1. The molecule has 0 unspecified atom stereocenters. The van der Waals surface area contributed by atoms with E-state index in [0.717, 1.165) is 12.8 Å². The molecule has 1 N–H and O–H groups in total. The first-order chi connectivity index (χ1) is 5.22. The molecule has 0 saturated carbocycles. The Labute approximate surface area is 68.2 Å². The van der Waals surface area contributed by atoms with Crippen LogP contribution in [0.4, 0.5) is 0 Å². The number of piperidine rings is 2. The van der Waals surface area contributed by atoms with E-state index in [1.54, 1.807) is 0 Å². The van der Waals surface area contributed by atoms with Crippen molar-refractivity contribution < 1.29 is 5.11 Å². The number of rotatable bonds is 0. The Morgan fingerprint density at radius 3 is 2.18 bits per heavy atom. The smallest absolute Gasteiger partial charge is 0.118 e. The summed E-state index contributed by atoms with van der Waals surface area (Å²) in [6.07, 6.45) is 6.98. The molecule has 11 heavy (non-hydrogen) atoms. The zero-order chi connectivity index (χ0) is 7.90. The number of nitrogens with zero attached hydrogens (tertiary/aromatic N) is 1. The number of aliphatic hydroxyl groups is 1. The van der Waals surface area contributed by atoms with Gasteiger partial charge in [-0.2, -0.15) is 0 Å². The maximum atomic E-state index is 10.1. The third kappa shape index (κ3) is 1.09. The molecule has 2 aliphatic heterocycles. The highest BCUT2D eigenvalue weighted by molar-refractivity contribution is 4.91. The van der Waals surface area contributed by atoms with Gasteiger partial charge in [-0.25, -0.2) is 0 Å². The zero-order valence-corrected chi connectivity index (χ0v) is 7.21. The van der Waals surface area contributed by atoms with Crippen molar-refractivity contribution in [1.82, 2.24) is 4.90 Å². The monoisotopic (exact) mass is 155 g/mol. The summed E-state index contributed by atoms with van der Waals surface area (Å²) in [5.74, 6) is 0. The third-order valence-corrected chi connectivity index (χ3v) is 3.43. The van der Waals surface area contributed by atoms with Crippen LogP contribution in [0.2, 0.25) is 0 Å². The molecule has 64 valence electrons. The summed E-state index contributed by atoms with van der Waals surface area (Å²) >= 11 is 0. The average molecular weight is 155 g/mol. The molecular weight excluding hydrogens is 138 g/mol. The quantitative estimate of drug-likeness (QED) is 0.570. The first-order valence-electron chi connectivity index (χ1n) is 4.68. The van der Waals surface area contributed by atoms with Gasteiger partial charge in [-0.05, 0) is 45.6 Å². The summed E-state index contributed by atoms with van der Waals surface area (Å²) in [6.45, 7) is 0. The van der Waals surface area contributed by atoms with Crippen molar-refractivity contribution in [3.63, 3.8) is 0 Å². The molecule has 2 bridgehead atoms. The second-order valence-corrected chi connectivity index (χ2v) is 4.03. The van der Waals surface area contributed by atoms with Gasteiger partial charge in [0.25, 0.3) is 0 Å². The zero-order valence-electron chi connectivity index (χ0n) is 7.21. The lowest BCUT2D eigenvalue weighted by Gasteiger charge is -2.50. The van der Waals surface area contributed by atoms with E-state index in [2.05, 4.69) is 11.9 Å². The first-order valence-corrected chi connectivity index (χ1v) is 4.68. The van der Waals surface area contributed by atoms with Gasteiger partial charge >= 0.3 is 0 Å². The molecule has 2 aliphatic rings. The minimum atomic E-state index is -0.429. The Balaban J connectivity index is 2.17. The normalized spacial score (nSPS) is 45.8. The van der Waals surface area contributed by atoms with Crippen molar-refractivity contribution in [1.29, 1.82) is 0 Å². The van der Waals surface area contributed by atoms with Crippen LogP contribution in [0.25, 0.3) is 0 Å². The molecule has 0 spiro atoms. The van der Waals surface area contributed by atoms with E-state index in [1.165, 1.54) is 25.7 Å². The molecule has 2 saturated heterocycles. The molecule has 0 radical (unpaired) electrons. The van der Waals surface area contributed by atoms with Crippen LogP contribution in [-0.4, -0.2) is 28.8 Å². The second-order valence-electron chi connectivity index (χ2n) is 4.03. The summed E-state index contributed by atoms with van der Waals surface area (Å²) in [6, 6.07) is 0.669. The molecule has 0 aliphatic carbocycles. The van der Waals surface area contributed by atoms with E-state index >= 15 is 0 Å². The van der Waals surface area contributed by atoms with Crippen molar-refractivity contribution in [2.75, 3.05) is 7.05 Å². The average Bonchev–Trinajstić information content (AvgIpc) is 1.93. The molecule has 2 nitrogen and oxygen atoms in total. The topological polar surface area (TPSA) is 23.5 Å². The molecule has 2 fully saturated rings. The maximum absolute atomic E-state index is 10.1. The fourth-order valence-corrected chi connectivity index (χ4v) is 2.59. The van der Waals surface area contributed by atoms with E-state index in [1.807, 2.05) is 0 Å². The van der Waals surface area contributed by atoms with Crippen LogP contribution in [0.15, 0.2) is 0 Å². The van der Waals surface area contributed by atoms with Crippen molar-refractivity contribution in [3.05, 3.63) is 0 Å². The highest BCUT2D eigenvalue weighted by Gasteiger charge is 2.41. The molecule has 0 atom stereocenters. The largest absolute Gasteiger partial charge is 0.376 e. The van der Waals surface area contributed by atoms with E-state index < -0.39 is 5.72 Å². The summed E-state index contributed by atoms with van der Waals surface area (Å²) in [5.41, 5.74) is -0.429. The van der Waals surface area contributed by atoms with E-state index in [4.69, 9.17) is 0 Å². The Bertz CT molecular complexity index is 148. The molecule has 2 rings (SSSR count). The lowest BCUT2D eigenvalue weighted by Crippen LogP contribution is -2.57. The van der Waals surface area contributed by atoms with Crippen molar-refractivity contribution in [3.8, 4) is 0 Å². The predicted octanol–water partition coefficient (Wildman–Crippen LogP) is 1.34. The van der Waals surface area contributed by atoms with Crippen molar-refractivity contribution in [2.24, 2.45) is 0 Å². The molecule has 0 aromatic heterocycles. The van der Waals surface area contributed by atoms with Gasteiger partial charge in [0.15, 0.2) is 0 Å². The molecule has 2 heteroatoms. The lowest BCUT2D eigenvalue weighted by atomic mass is 9.82. The summed E-state index contributed by atoms with van der Waals surface area (Å²) < 4.78 is 0. The van der Waals surface area contributed by atoms with Crippen LogP contribution < -0.4 is 0 Å². The van der Waals surface area contributed by atoms with Crippen LogP contribution >= 0.6 is 0 Å². The minimum Gasteiger partial charge on any atom is -0.376 e. The highest BCUT2D eigenvalue weighted by atomic mass is 16.3. The second kappa shape index (κ2) is 2.46. The highest BCUT2D eigenvalue weighted by Crippen LogP contribution is 2.38. The van der Waals surface area contributed by atoms with Crippen LogP contribution in [0.5, 0.6) is 0 Å². The Morgan fingerprint density at radius 2 is 1.82 bits per heavy atom. The van der Waals surface area contributed by atoms with Gasteiger partial charge in [0.05, 0.1) is 0 Å². The van der Waals surface area contributed by atoms with Gasteiger partial charge in [0.2, 0.25) is 0 Å². The molecule has 2 heterocycles. The fourth-order valence-electron chi connectivity index (χ4n) is 2.59. The van der Waals surface area contributed by atoms with Gasteiger partial charge < -0.3 is 5.11 Å². The van der Waals surface area contributed by atoms with Gasteiger partial charge in [-0.1, -0.05) is 0 Å². The Kier molecular flexibility index (Phi) is 1.69. The van der Waals surface area contributed by atoms with Crippen LogP contribution in [-0.2, 0) is 0 Å². The Hall–Kier alpha value is -0.0800. The third-order valence-electron chi connectivity index (χ3n) is 3.43. The van der Waals surface area contributed by atoms with E-state index in [-0.39, 0.29) is 0 Å².